The molecular weight excluding hydrogens is 330 g/mol. The molecular formula is C18H14F2N2OS. The largest absolute Gasteiger partial charge is 0.298 e. The second kappa shape index (κ2) is 6.49. The van der Waals surface area contributed by atoms with Crippen LogP contribution in [0.4, 0.5) is 13.9 Å². The average Bonchev–Trinajstić information content (AvgIpc) is 2.98. The van der Waals surface area contributed by atoms with Crippen molar-refractivity contribution in [3.63, 3.8) is 0 Å². The number of carbonyl (C=O) groups is 1. The standard InChI is InChI=1S/C18H14F2N2OS/c1-10-5-3-6-12(11(10)2)17(23)22-18-21-15(9-24-18)16-13(19)7-4-8-14(16)20/h3-9H,1-2H3,(H,21,22,23). The lowest BCUT2D eigenvalue weighted by Crippen LogP contribution is -2.13. The number of amides is 1. The molecule has 0 fully saturated rings. The molecule has 24 heavy (non-hydrogen) atoms. The molecule has 0 aliphatic heterocycles. The second-order valence-corrected chi connectivity index (χ2v) is 6.19. The molecule has 1 heterocycles. The molecule has 0 radical (unpaired) electrons. The lowest BCUT2D eigenvalue weighted by Gasteiger charge is -2.07. The first-order valence-electron chi connectivity index (χ1n) is 7.25. The number of nitrogens with one attached hydrogen (secondary N) is 1. The van der Waals surface area contributed by atoms with Gasteiger partial charge in [0.1, 0.15) is 11.6 Å². The lowest BCUT2D eigenvalue weighted by atomic mass is 10.0. The Kier molecular flexibility index (Phi) is 4.40. The van der Waals surface area contributed by atoms with Crippen LogP contribution >= 0.6 is 11.3 Å². The molecule has 0 unspecified atom stereocenters. The van der Waals surface area contributed by atoms with Crippen molar-refractivity contribution in [2.24, 2.45) is 0 Å². The van der Waals surface area contributed by atoms with Crippen molar-refractivity contribution >= 4 is 22.4 Å². The maximum Gasteiger partial charge on any atom is 0.257 e. The Morgan fingerprint density at radius 2 is 1.75 bits per heavy atom. The number of anilines is 1. The van der Waals surface area contributed by atoms with Crippen LogP contribution in [-0.4, -0.2) is 10.9 Å². The van der Waals surface area contributed by atoms with Crippen molar-refractivity contribution in [2.45, 2.75) is 13.8 Å². The first kappa shape index (κ1) is 16.3. The molecule has 3 nitrogen and oxygen atoms in total. The van der Waals surface area contributed by atoms with Crippen LogP contribution in [0.2, 0.25) is 0 Å². The monoisotopic (exact) mass is 344 g/mol. The molecule has 0 aliphatic rings. The van der Waals surface area contributed by atoms with Gasteiger partial charge in [0.2, 0.25) is 0 Å². The number of halogens is 2. The van der Waals surface area contributed by atoms with E-state index in [2.05, 4.69) is 10.3 Å². The van der Waals surface area contributed by atoms with Crippen LogP contribution in [0.3, 0.4) is 0 Å². The lowest BCUT2D eigenvalue weighted by molar-refractivity contribution is 0.102. The summed E-state index contributed by atoms with van der Waals surface area (Å²) in [6, 6.07) is 9.10. The third-order valence-corrected chi connectivity index (χ3v) is 4.55. The Labute approximate surface area is 142 Å². The van der Waals surface area contributed by atoms with E-state index in [-0.39, 0.29) is 17.2 Å². The van der Waals surface area contributed by atoms with Crippen molar-refractivity contribution in [1.82, 2.24) is 4.98 Å². The van der Waals surface area contributed by atoms with Crippen molar-refractivity contribution in [1.29, 1.82) is 0 Å². The highest BCUT2D eigenvalue weighted by Crippen LogP contribution is 2.29. The number of nitrogens with zero attached hydrogens (tertiary/aromatic N) is 1. The number of hydrogen-bond donors (Lipinski definition) is 1. The van der Waals surface area contributed by atoms with E-state index < -0.39 is 11.6 Å². The zero-order valence-electron chi connectivity index (χ0n) is 13.1. The summed E-state index contributed by atoms with van der Waals surface area (Å²) in [4.78, 5) is 16.5. The summed E-state index contributed by atoms with van der Waals surface area (Å²) in [5, 5.41) is 4.48. The Morgan fingerprint density at radius 3 is 2.46 bits per heavy atom. The molecule has 0 saturated carbocycles. The fourth-order valence-electron chi connectivity index (χ4n) is 2.35. The van der Waals surface area contributed by atoms with E-state index in [1.165, 1.54) is 23.6 Å². The number of benzene rings is 2. The fraction of sp³-hybridized carbons (Fsp3) is 0.111. The minimum absolute atomic E-state index is 0.159. The third kappa shape index (κ3) is 3.05. The number of hydrogen-bond acceptors (Lipinski definition) is 3. The molecule has 3 aromatic rings. The molecule has 1 N–H and O–H groups in total. The third-order valence-electron chi connectivity index (χ3n) is 3.79. The highest BCUT2D eigenvalue weighted by molar-refractivity contribution is 7.14. The summed E-state index contributed by atoms with van der Waals surface area (Å²) in [6.07, 6.45) is 0. The number of aryl methyl sites for hydroxylation is 1. The van der Waals surface area contributed by atoms with Gasteiger partial charge in [0.15, 0.2) is 5.13 Å². The van der Waals surface area contributed by atoms with Gasteiger partial charge < -0.3 is 0 Å². The Morgan fingerprint density at radius 1 is 1.08 bits per heavy atom. The molecule has 0 bridgehead atoms. The van der Waals surface area contributed by atoms with E-state index in [0.29, 0.717) is 10.7 Å². The summed E-state index contributed by atoms with van der Waals surface area (Å²) < 4.78 is 27.6. The van der Waals surface area contributed by atoms with Gasteiger partial charge in [-0.1, -0.05) is 18.2 Å². The maximum atomic E-state index is 13.8. The highest BCUT2D eigenvalue weighted by atomic mass is 32.1. The van der Waals surface area contributed by atoms with Gasteiger partial charge in [-0.05, 0) is 43.2 Å². The molecule has 0 aliphatic carbocycles. The SMILES string of the molecule is Cc1cccc(C(=O)Nc2nc(-c3c(F)cccc3F)cs2)c1C. The predicted molar refractivity (Wildman–Crippen MR) is 91.3 cm³/mol. The smallest absolute Gasteiger partial charge is 0.257 e. The zero-order valence-corrected chi connectivity index (χ0v) is 13.9. The van der Waals surface area contributed by atoms with Crippen LogP contribution < -0.4 is 5.32 Å². The van der Waals surface area contributed by atoms with Gasteiger partial charge in [0.05, 0.1) is 11.3 Å². The Hall–Kier alpha value is -2.60. The van der Waals surface area contributed by atoms with Gasteiger partial charge in [-0.15, -0.1) is 11.3 Å². The van der Waals surface area contributed by atoms with Crippen LogP contribution in [0.5, 0.6) is 0 Å². The number of aromatic nitrogens is 1. The first-order chi connectivity index (χ1) is 11.5. The molecule has 2 aromatic carbocycles. The molecule has 1 amide bonds. The van der Waals surface area contributed by atoms with Crippen molar-refractivity contribution in [3.05, 3.63) is 70.1 Å². The Bertz CT molecular complexity index is 901. The van der Waals surface area contributed by atoms with Gasteiger partial charge in [0.25, 0.3) is 5.91 Å². The minimum Gasteiger partial charge on any atom is -0.298 e. The van der Waals surface area contributed by atoms with E-state index in [1.54, 1.807) is 12.1 Å². The summed E-state index contributed by atoms with van der Waals surface area (Å²) >= 11 is 1.12. The summed E-state index contributed by atoms with van der Waals surface area (Å²) in [5.74, 6) is -1.67. The van der Waals surface area contributed by atoms with Crippen molar-refractivity contribution < 1.29 is 13.6 Å². The van der Waals surface area contributed by atoms with Gasteiger partial charge >= 0.3 is 0 Å². The quantitative estimate of drug-likeness (QED) is 0.730. The number of rotatable bonds is 3. The normalized spacial score (nSPS) is 10.7. The predicted octanol–water partition coefficient (Wildman–Crippen LogP) is 4.96. The van der Waals surface area contributed by atoms with E-state index in [1.807, 2.05) is 19.9 Å². The van der Waals surface area contributed by atoms with Crippen LogP contribution in [-0.2, 0) is 0 Å². The van der Waals surface area contributed by atoms with Gasteiger partial charge in [-0.2, -0.15) is 0 Å². The molecule has 122 valence electrons. The minimum atomic E-state index is -0.687. The van der Waals surface area contributed by atoms with Gasteiger partial charge in [-0.25, -0.2) is 13.8 Å². The number of carbonyl (C=O) groups excluding carboxylic acids is 1. The number of thiazole rings is 1. The first-order valence-corrected chi connectivity index (χ1v) is 8.13. The van der Waals surface area contributed by atoms with Crippen molar-refractivity contribution in [3.8, 4) is 11.3 Å². The van der Waals surface area contributed by atoms with Crippen LogP contribution in [0.1, 0.15) is 21.5 Å². The topological polar surface area (TPSA) is 42.0 Å². The molecule has 3 rings (SSSR count). The zero-order chi connectivity index (χ0) is 17.3. The average molecular weight is 344 g/mol. The van der Waals surface area contributed by atoms with E-state index in [9.17, 15) is 13.6 Å². The maximum absolute atomic E-state index is 13.8. The van der Waals surface area contributed by atoms with E-state index >= 15 is 0 Å². The summed E-state index contributed by atoms with van der Waals surface area (Å²) in [5.41, 5.74) is 2.40. The molecule has 0 spiro atoms. The van der Waals surface area contributed by atoms with Crippen molar-refractivity contribution in [2.75, 3.05) is 5.32 Å². The summed E-state index contributed by atoms with van der Waals surface area (Å²) in [7, 11) is 0. The summed E-state index contributed by atoms with van der Waals surface area (Å²) in [6.45, 7) is 3.79. The van der Waals surface area contributed by atoms with E-state index in [0.717, 1.165) is 22.5 Å². The second-order valence-electron chi connectivity index (χ2n) is 5.34. The fourth-order valence-corrected chi connectivity index (χ4v) is 3.05. The van der Waals surface area contributed by atoms with Gasteiger partial charge in [0, 0.05) is 10.9 Å². The Balaban J connectivity index is 1.87. The van der Waals surface area contributed by atoms with Gasteiger partial charge in [-0.3, -0.25) is 10.1 Å². The van der Waals surface area contributed by atoms with Crippen LogP contribution in [0, 0.1) is 25.5 Å². The van der Waals surface area contributed by atoms with Crippen LogP contribution in [0.15, 0.2) is 41.8 Å². The molecule has 0 saturated heterocycles. The molecule has 6 heteroatoms. The molecule has 1 aromatic heterocycles. The van der Waals surface area contributed by atoms with E-state index in [4.69, 9.17) is 0 Å². The van der Waals surface area contributed by atoms with Crippen LogP contribution in [0.25, 0.3) is 11.3 Å². The highest BCUT2D eigenvalue weighted by Gasteiger charge is 2.16. The molecule has 0 atom stereocenters.